The number of aliphatic imine (C=N–C) groups is 1. The maximum absolute atomic E-state index is 12.8. The van der Waals surface area contributed by atoms with Gasteiger partial charge in [-0.2, -0.15) is 0 Å². The second-order valence-electron chi connectivity index (χ2n) is 7.70. The molecule has 178 valence electrons. The number of hydrogen-bond donors (Lipinski definition) is 7. The lowest BCUT2D eigenvalue weighted by atomic mass is 9.98. The van der Waals surface area contributed by atoms with Crippen LogP contribution < -0.4 is 27.8 Å². The lowest BCUT2D eigenvalue weighted by Crippen LogP contribution is -2.55. The summed E-state index contributed by atoms with van der Waals surface area (Å²) in [6.07, 6.45) is 1.31. The van der Waals surface area contributed by atoms with E-state index in [4.69, 9.17) is 17.2 Å². The van der Waals surface area contributed by atoms with E-state index in [1.165, 1.54) is 12.1 Å². The highest BCUT2D eigenvalue weighted by atomic mass is 16.4. The van der Waals surface area contributed by atoms with Gasteiger partial charge in [0.05, 0.1) is 6.04 Å². The quantitative estimate of drug-likeness (QED) is 0.117. The molecule has 2 amide bonds. The third-order valence-corrected chi connectivity index (χ3v) is 5.08. The zero-order valence-corrected chi connectivity index (χ0v) is 18.5. The van der Waals surface area contributed by atoms with Crippen LogP contribution in [0.2, 0.25) is 0 Å². The van der Waals surface area contributed by atoms with Gasteiger partial charge >= 0.3 is 5.97 Å². The lowest BCUT2D eigenvalue weighted by Gasteiger charge is -2.25. The zero-order valence-electron chi connectivity index (χ0n) is 18.5. The van der Waals surface area contributed by atoms with Gasteiger partial charge in [0.25, 0.3) is 0 Å². The number of carboxylic acids is 1. The molecule has 4 atom stereocenters. The van der Waals surface area contributed by atoms with Crippen molar-refractivity contribution in [3.05, 3.63) is 29.8 Å². The summed E-state index contributed by atoms with van der Waals surface area (Å²) in [6, 6.07) is 3.22. The van der Waals surface area contributed by atoms with E-state index in [1.54, 1.807) is 19.1 Å². The fourth-order valence-electron chi connectivity index (χ4n) is 2.97. The fraction of sp³-hybridized carbons (Fsp3) is 0.524. The molecule has 1 rings (SSSR count). The Bertz CT molecular complexity index is 794. The maximum Gasteiger partial charge on any atom is 0.326 e. The Morgan fingerprint density at radius 1 is 1.09 bits per heavy atom. The molecule has 11 heteroatoms. The number of aliphatic carboxylic acids is 1. The third-order valence-electron chi connectivity index (χ3n) is 5.08. The Balaban J connectivity index is 2.87. The van der Waals surface area contributed by atoms with Crippen molar-refractivity contribution >= 4 is 23.7 Å². The van der Waals surface area contributed by atoms with Crippen LogP contribution in [0.4, 0.5) is 0 Å². The molecule has 0 saturated carbocycles. The molecule has 0 bridgehead atoms. The van der Waals surface area contributed by atoms with Gasteiger partial charge in [-0.3, -0.25) is 14.6 Å². The number of carboxylic acid groups (broad SMARTS) is 1. The summed E-state index contributed by atoms with van der Waals surface area (Å²) in [6.45, 7) is 3.79. The molecule has 1 aromatic rings. The molecular weight excluding hydrogens is 416 g/mol. The molecule has 0 aliphatic rings. The van der Waals surface area contributed by atoms with Gasteiger partial charge in [-0.25, -0.2) is 4.79 Å². The Kier molecular flexibility index (Phi) is 11.0. The van der Waals surface area contributed by atoms with E-state index in [0.717, 1.165) is 5.56 Å². The number of hydrogen-bond acceptors (Lipinski definition) is 6. The van der Waals surface area contributed by atoms with Gasteiger partial charge < -0.3 is 38.0 Å². The normalized spacial score (nSPS) is 14.5. The molecule has 0 aromatic heterocycles. The van der Waals surface area contributed by atoms with Crippen molar-refractivity contribution in [1.82, 2.24) is 10.6 Å². The topological polar surface area (TPSA) is 206 Å². The minimum Gasteiger partial charge on any atom is -0.508 e. The maximum atomic E-state index is 12.8. The predicted octanol–water partition coefficient (Wildman–Crippen LogP) is -0.584. The summed E-state index contributed by atoms with van der Waals surface area (Å²) in [5.41, 5.74) is 17.3. The minimum atomic E-state index is -1.15. The van der Waals surface area contributed by atoms with Gasteiger partial charge in [-0.1, -0.05) is 32.4 Å². The number of aromatic hydroxyl groups is 1. The van der Waals surface area contributed by atoms with Crippen LogP contribution in [0.1, 0.15) is 38.7 Å². The van der Waals surface area contributed by atoms with Crippen LogP contribution >= 0.6 is 0 Å². The molecule has 10 N–H and O–H groups in total. The van der Waals surface area contributed by atoms with Crippen molar-refractivity contribution in [2.45, 2.75) is 57.7 Å². The van der Waals surface area contributed by atoms with Crippen LogP contribution in [-0.2, 0) is 20.8 Å². The van der Waals surface area contributed by atoms with Crippen molar-refractivity contribution in [3.63, 3.8) is 0 Å². The molecule has 0 aliphatic carbocycles. The zero-order chi connectivity index (χ0) is 24.3. The van der Waals surface area contributed by atoms with Crippen LogP contribution in [0.3, 0.4) is 0 Å². The van der Waals surface area contributed by atoms with Crippen molar-refractivity contribution in [2.75, 3.05) is 6.54 Å². The number of carbonyl (C=O) groups is 3. The molecule has 0 spiro atoms. The Morgan fingerprint density at radius 2 is 1.72 bits per heavy atom. The monoisotopic (exact) mass is 450 g/mol. The summed E-state index contributed by atoms with van der Waals surface area (Å²) in [7, 11) is 0. The van der Waals surface area contributed by atoms with E-state index in [1.807, 2.05) is 6.92 Å². The van der Waals surface area contributed by atoms with E-state index in [0.29, 0.717) is 12.8 Å². The Hall–Kier alpha value is -3.34. The van der Waals surface area contributed by atoms with Crippen molar-refractivity contribution < 1.29 is 24.6 Å². The van der Waals surface area contributed by atoms with Gasteiger partial charge in [-0.15, -0.1) is 0 Å². The average molecular weight is 451 g/mol. The van der Waals surface area contributed by atoms with Gasteiger partial charge in [0.1, 0.15) is 17.8 Å². The van der Waals surface area contributed by atoms with Crippen molar-refractivity contribution in [1.29, 1.82) is 0 Å². The highest BCUT2D eigenvalue weighted by molar-refractivity contribution is 5.91. The molecule has 0 unspecified atom stereocenters. The van der Waals surface area contributed by atoms with Crippen LogP contribution in [0.5, 0.6) is 5.75 Å². The van der Waals surface area contributed by atoms with Gasteiger partial charge in [0.2, 0.25) is 11.8 Å². The molecule has 0 fully saturated rings. The van der Waals surface area contributed by atoms with E-state index in [-0.39, 0.29) is 37.0 Å². The Labute approximate surface area is 187 Å². The van der Waals surface area contributed by atoms with Gasteiger partial charge in [0, 0.05) is 6.54 Å². The number of benzene rings is 1. The number of rotatable bonds is 13. The number of amides is 2. The third kappa shape index (κ3) is 9.21. The minimum absolute atomic E-state index is 0.0892. The average Bonchev–Trinajstić information content (AvgIpc) is 2.74. The standard InChI is InChI=1S/C21H34N6O5/c1-3-12(2)17(20(31)32)27-19(30)16(5-4-10-25-21(23)24)26-18(29)15(22)11-13-6-8-14(28)9-7-13/h6-9,12,15-17,28H,3-5,10-11,22H2,1-2H3,(H,26,29)(H,27,30)(H,31,32)(H4,23,24,25)/t12-,15-,16-,17-/m0/s1. The number of nitrogens with two attached hydrogens (primary N) is 3. The largest absolute Gasteiger partial charge is 0.508 e. The number of carbonyl (C=O) groups excluding carboxylic acids is 2. The van der Waals surface area contributed by atoms with E-state index >= 15 is 0 Å². The van der Waals surface area contributed by atoms with Crippen LogP contribution in [-0.4, -0.2) is 58.6 Å². The fourth-order valence-corrected chi connectivity index (χ4v) is 2.97. The number of phenols is 1. The van der Waals surface area contributed by atoms with E-state index < -0.39 is 35.9 Å². The second-order valence-corrected chi connectivity index (χ2v) is 7.70. The molecule has 32 heavy (non-hydrogen) atoms. The number of nitrogens with zero attached hydrogens (tertiary/aromatic N) is 1. The van der Waals surface area contributed by atoms with Crippen molar-refractivity contribution in [3.8, 4) is 5.75 Å². The van der Waals surface area contributed by atoms with Gasteiger partial charge in [0.15, 0.2) is 5.96 Å². The smallest absolute Gasteiger partial charge is 0.326 e. The summed E-state index contributed by atoms with van der Waals surface area (Å²) in [4.78, 5) is 40.9. The van der Waals surface area contributed by atoms with E-state index in [9.17, 15) is 24.6 Å². The first-order chi connectivity index (χ1) is 15.0. The number of phenolic OH excluding ortho intramolecular Hbond substituents is 1. The molecule has 0 aliphatic heterocycles. The number of guanidine groups is 1. The van der Waals surface area contributed by atoms with Gasteiger partial charge in [-0.05, 0) is 42.9 Å². The predicted molar refractivity (Wildman–Crippen MR) is 121 cm³/mol. The first kappa shape index (κ1) is 26.7. The SMILES string of the molecule is CC[C@H](C)[C@H](NC(=O)[C@H](CCCN=C(N)N)NC(=O)[C@@H](N)Cc1ccc(O)cc1)C(=O)O. The summed E-state index contributed by atoms with van der Waals surface area (Å²) in [5.74, 6) is -2.62. The van der Waals surface area contributed by atoms with Crippen LogP contribution in [0.15, 0.2) is 29.3 Å². The molecule has 0 saturated heterocycles. The summed E-state index contributed by atoms with van der Waals surface area (Å²) < 4.78 is 0. The summed E-state index contributed by atoms with van der Waals surface area (Å²) >= 11 is 0. The van der Waals surface area contributed by atoms with Crippen LogP contribution in [0, 0.1) is 5.92 Å². The molecular formula is C21H34N6O5. The van der Waals surface area contributed by atoms with Crippen LogP contribution in [0.25, 0.3) is 0 Å². The number of nitrogens with one attached hydrogen (secondary N) is 2. The first-order valence-corrected chi connectivity index (χ1v) is 10.5. The lowest BCUT2D eigenvalue weighted by molar-refractivity contribution is -0.143. The van der Waals surface area contributed by atoms with E-state index in [2.05, 4.69) is 15.6 Å². The highest BCUT2D eigenvalue weighted by Crippen LogP contribution is 2.12. The first-order valence-electron chi connectivity index (χ1n) is 10.5. The second kappa shape index (κ2) is 13.2. The Morgan fingerprint density at radius 3 is 2.25 bits per heavy atom. The summed E-state index contributed by atoms with van der Waals surface area (Å²) in [5, 5.41) is 23.9. The molecule has 11 nitrogen and oxygen atoms in total. The molecule has 0 heterocycles. The van der Waals surface area contributed by atoms with Crippen molar-refractivity contribution in [2.24, 2.45) is 28.1 Å². The highest BCUT2D eigenvalue weighted by Gasteiger charge is 2.30. The molecule has 0 radical (unpaired) electrons. The molecule has 1 aromatic carbocycles.